The largest absolute Gasteiger partial charge is 0.496 e. The molecular formula is C16H18BrNO2. The van der Waals surface area contributed by atoms with E-state index in [0.29, 0.717) is 6.61 Å². The standard InChI is InChI=1S/C16H18BrNO2/c1-18-10-13-5-3-4-6-15(13)20-11-12-7-8-16(19-2)14(17)9-12/h3-9,18H,10-11H2,1-2H3. The van der Waals surface area contributed by atoms with E-state index in [0.717, 1.165) is 33.6 Å². The van der Waals surface area contributed by atoms with Gasteiger partial charge < -0.3 is 14.8 Å². The predicted molar refractivity (Wildman–Crippen MR) is 84.2 cm³/mol. The van der Waals surface area contributed by atoms with Crippen molar-refractivity contribution < 1.29 is 9.47 Å². The van der Waals surface area contributed by atoms with Crippen molar-refractivity contribution in [1.29, 1.82) is 0 Å². The maximum absolute atomic E-state index is 5.90. The number of halogens is 1. The molecule has 0 spiro atoms. The molecule has 0 saturated heterocycles. The lowest BCUT2D eigenvalue weighted by Gasteiger charge is -2.12. The molecule has 0 atom stereocenters. The van der Waals surface area contributed by atoms with Crippen LogP contribution >= 0.6 is 15.9 Å². The van der Waals surface area contributed by atoms with Crippen molar-refractivity contribution in [3.63, 3.8) is 0 Å². The van der Waals surface area contributed by atoms with Gasteiger partial charge in [0.05, 0.1) is 11.6 Å². The molecular weight excluding hydrogens is 318 g/mol. The molecule has 0 fully saturated rings. The van der Waals surface area contributed by atoms with Gasteiger partial charge in [0.1, 0.15) is 18.1 Å². The van der Waals surface area contributed by atoms with Crippen molar-refractivity contribution in [2.45, 2.75) is 13.2 Å². The van der Waals surface area contributed by atoms with Gasteiger partial charge in [-0.15, -0.1) is 0 Å². The number of benzene rings is 2. The van der Waals surface area contributed by atoms with Crippen molar-refractivity contribution >= 4 is 15.9 Å². The molecule has 0 amide bonds. The molecule has 0 aliphatic rings. The number of nitrogens with one attached hydrogen (secondary N) is 1. The molecule has 2 aromatic rings. The highest BCUT2D eigenvalue weighted by atomic mass is 79.9. The van der Waals surface area contributed by atoms with Gasteiger partial charge in [0.25, 0.3) is 0 Å². The molecule has 4 heteroatoms. The first-order valence-corrected chi connectivity index (χ1v) is 7.21. The van der Waals surface area contributed by atoms with Gasteiger partial charge in [-0.1, -0.05) is 24.3 Å². The lowest BCUT2D eigenvalue weighted by molar-refractivity contribution is 0.302. The van der Waals surface area contributed by atoms with Gasteiger partial charge in [0.15, 0.2) is 0 Å². The van der Waals surface area contributed by atoms with Gasteiger partial charge in [-0.2, -0.15) is 0 Å². The van der Waals surface area contributed by atoms with Gasteiger partial charge in [-0.3, -0.25) is 0 Å². The van der Waals surface area contributed by atoms with Crippen LogP contribution in [0.25, 0.3) is 0 Å². The van der Waals surface area contributed by atoms with Gasteiger partial charge in [-0.05, 0) is 46.7 Å². The molecule has 1 N–H and O–H groups in total. The third-order valence-electron chi connectivity index (χ3n) is 2.95. The Labute approximate surface area is 128 Å². The Balaban J connectivity index is 2.07. The topological polar surface area (TPSA) is 30.5 Å². The second-order valence-electron chi connectivity index (χ2n) is 4.40. The monoisotopic (exact) mass is 335 g/mol. The highest BCUT2D eigenvalue weighted by Crippen LogP contribution is 2.26. The van der Waals surface area contributed by atoms with E-state index in [2.05, 4.69) is 27.3 Å². The summed E-state index contributed by atoms with van der Waals surface area (Å²) in [7, 11) is 3.58. The fourth-order valence-corrected chi connectivity index (χ4v) is 2.53. The Kier molecular flexibility index (Phi) is 5.44. The Morgan fingerprint density at radius 3 is 2.60 bits per heavy atom. The van der Waals surface area contributed by atoms with E-state index in [1.807, 2.05) is 43.4 Å². The molecule has 106 valence electrons. The summed E-state index contributed by atoms with van der Waals surface area (Å²) in [5, 5.41) is 3.14. The average molecular weight is 336 g/mol. The van der Waals surface area contributed by atoms with Gasteiger partial charge in [0.2, 0.25) is 0 Å². The molecule has 20 heavy (non-hydrogen) atoms. The number of para-hydroxylation sites is 1. The van der Waals surface area contributed by atoms with E-state index in [-0.39, 0.29) is 0 Å². The van der Waals surface area contributed by atoms with E-state index in [4.69, 9.17) is 9.47 Å². The van der Waals surface area contributed by atoms with Crippen LogP contribution < -0.4 is 14.8 Å². The zero-order valence-electron chi connectivity index (χ0n) is 11.7. The molecule has 2 rings (SSSR count). The van der Waals surface area contributed by atoms with Gasteiger partial charge >= 0.3 is 0 Å². The van der Waals surface area contributed by atoms with Crippen LogP contribution in [0.5, 0.6) is 11.5 Å². The summed E-state index contributed by atoms with van der Waals surface area (Å²) in [6, 6.07) is 14.0. The quantitative estimate of drug-likeness (QED) is 0.871. The minimum absolute atomic E-state index is 0.531. The predicted octanol–water partition coefficient (Wildman–Crippen LogP) is 3.76. The van der Waals surface area contributed by atoms with E-state index in [1.54, 1.807) is 7.11 Å². The summed E-state index contributed by atoms with van der Waals surface area (Å²) in [4.78, 5) is 0. The van der Waals surface area contributed by atoms with Crippen LogP contribution in [0, 0.1) is 0 Å². The Bertz CT molecular complexity index is 572. The minimum Gasteiger partial charge on any atom is -0.496 e. The van der Waals surface area contributed by atoms with Crippen molar-refractivity contribution in [2.75, 3.05) is 14.2 Å². The summed E-state index contributed by atoms with van der Waals surface area (Å²) < 4.78 is 12.1. The molecule has 2 aromatic carbocycles. The number of methoxy groups -OCH3 is 1. The van der Waals surface area contributed by atoms with Gasteiger partial charge in [0, 0.05) is 12.1 Å². The van der Waals surface area contributed by atoms with Crippen LogP contribution in [-0.4, -0.2) is 14.2 Å². The fourth-order valence-electron chi connectivity index (χ4n) is 1.94. The van der Waals surface area contributed by atoms with Crippen LogP contribution in [0.15, 0.2) is 46.9 Å². The first-order valence-electron chi connectivity index (χ1n) is 6.42. The van der Waals surface area contributed by atoms with Crippen LogP contribution in [0.4, 0.5) is 0 Å². The van der Waals surface area contributed by atoms with Crippen molar-refractivity contribution in [3.8, 4) is 11.5 Å². The molecule has 0 unspecified atom stereocenters. The minimum atomic E-state index is 0.531. The number of hydrogen-bond donors (Lipinski definition) is 1. The maximum atomic E-state index is 5.90. The van der Waals surface area contributed by atoms with E-state index in [1.165, 1.54) is 0 Å². The summed E-state index contributed by atoms with van der Waals surface area (Å²) >= 11 is 3.48. The van der Waals surface area contributed by atoms with Crippen molar-refractivity contribution in [1.82, 2.24) is 5.32 Å². The van der Waals surface area contributed by atoms with Crippen LogP contribution in [0.1, 0.15) is 11.1 Å². The van der Waals surface area contributed by atoms with Crippen LogP contribution in [-0.2, 0) is 13.2 Å². The van der Waals surface area contributed by atoms with E-state index in [9.17, 15) is 0 Å². The summed E-state index contributed by atoms with van der Waals surface area (Å²) in [6.07, 6.45) is 0. The second kappa shape index (κ2) is 7.31. The highest BCUT2D eigenvalue weighted by Gasteiger charge is 2.05. The molecule has 0 saturated carbocycles. The van der Waals surface area contributed by atoms with E-state index < -0.39 is 0 Å². The normalized spacial score (nSPS) is 10.3. The molecule has 0 bridgehead atoms. The number of hydrogen-bond acceptors (Lipinski definition) is 3. The molecule has 0 aliphatic carbocycles. The highest BCUT2D eigenvalue weighted by molar-refractivity contribution is 9.10. The Morgan fingerprint density at radius 2 is 1.90 bits per heavy atom. The first-order chi connectivity index (χ1) is 9.74. The summed E-state index contributed by atoms with van der Waals surface area (Å²) in [5.74, 6) is 1.73. The molecule has 0 aromatic heterocycles. The molecule has 0 radical (unpaired) electrons. The fraction of sp³-hybridized carbons (Fsp3) is 0.250. The first kappa shape index (κ1) is 14.9. The van der Waals surface area contributed by atoms with Gasteiger partial charge in [-0.25, -0.2) is 0 Å². The van der Waals surface area contributed by atoms with Crippen LogP contribution in [0.2, 0.25) is 0 Å². The molecule has 3 nitrogen and oxygen atoms in total. The molecule has 0 heterocycles. The zero-order valence-corrected chi connectivity index (χ0v) is 13.2. The van der Waals surface area contributed by atoms with Crippen LogP contribution in [0.3, 0.4) is 0 Å². The number of ether oxygens (including phenoxy) is 2. The maximum Gasteiger partial charge on any atom is 0.133 e. The Morgan fingerprint density at radius 1 is 1.10 bits per heavy atom. The summed E-state index contributed by atoms with van der Waals surface area (Å²) in [5.41, 5.74) is 2.25. The second-order valence-corrected chi connectivity index (χ2v) is 5.25. The SMILES string of the molecule is CNCc1ccccc1OCc1ccc(OC)c(Br)c1. The van der Waals surface area contributed by atoms with Crippen molar-refractivity contribution in [2.24, 2.45) is 0 Å². The summed E-state index contributed by atoms with van der Waals surface area (Å²) in [6.45, 7) is 1.33. The molecule has 0 aliphatic heterocycles. The third kappa shape index (κ3) is 3.74. The smallest absolute Gasteiger partial charge is 0.133 e. The average Bonchev–Trinajstić information content (AvgIpc) is 2.47. The lowest BCUT2D eigenvalue weighted by Crippen LogP contribution is -2.07. The number of rotatable bonds is 6. The zero-order chi connectivity index (χ0) is 14.4. The third-order valence-corrected chi connectivity index (χ3v) is 3.57. The Hall–Kier alpha value is -1.52. The lowest BCUT2D eigenvalue weighted by atomic mass is 10.2. The van der Waals surface area contributed by atoms with E-state index >= 15 is 0 Å². The van der Waals surface area contributed by atoms with Crippen molar-refractivity contribution in [3.05, 3.63) is 58.1 Å².